The zero-order chi connectivity index (χ0) is 17.6. The molecule has 5 nitrogen and oxygen atoms in total. The van der Waals surface area contributed by atoms with E-state index in [0.717, 1.165) is 36.2 Å². The number of para-hydroxylation sites is 3. The summed E-state index contributed by atoms with van der Waals surface area (Å²) in [5, 5.41) is 10.4. The number of aromatic nitrogens is 2. The Morgan fingerprint density at radius 3 is 2.54 bits per heavy atom. The van der Waals surface area contributed by atoms with Gasteiger partial charge in [0.15, 0.2) is 0 Å². The van der Waals surface area contributed by atoms with Crippen molar-refractivity contribution in [1.29, 1.82) is 0 Å². The Morgan fingerprint density at radius 2 is 1.81 bits per heavy atom. The molecule has 26 heavy (non-hydrogen) atoms. The Morgan fingerprint density at radius 1 is 1.12 bits per heavy atom. The third-order valence-electron chi connectivity index (χ3n) is 4.33. The maximum atomic E-state index is 10.4. The first-order valence-corrected chi connectivity index (χ1v) is 8.83. The summed E-state index contributed by atoms with van der Waals surface area (Å²) in [6.07, 6.45) is 1.54. The molecule has 2 aromatic carbocycles. The standard InChI is InChI=1S/C20H25N3O2.ClH/c1-2-3-13-22-18-11-7-8-12-19(18)23(20(22)21)14-16(24)15-25-17-9-5-4-6-10-17;/h4-12,16,21,24H,2-3,13-15H2,1H3;1H. The number of hydrogen-bond donors (Lipinski definition) is 2. The van der Waals surface area contributed by atoms with Gasteiger partial charge in [0, 0.05) is 0 Å². The second kappa shape index (κ2) is 9.46. The summed E-state index contributed by atoms with van der Waals surface area (Å²) in [5.41, 5.74) is 8.52. The molecule has 3 N–H and O–H groups in total. The predicted molar refractivity (Wildman–Crippen MR) is 99.4 cm³/mol. The van der Waals surface area contributed by atoms with E-state index in [2.05, 4.69) is 17.6 Å². The van der Waals surface area contributed by atoms with Gasteiger partial charge in [-0.2, -0.15) is 0 Å². The molecular formula is C20H26ClN3O2. The average Bonchev–Trinajstić information content (AvgIpc) is 2.91. The Hall–Kier alpha value is -2.24. The van der Waals surface area contributed by atoms with Crippen LogP contribution in [0, 0.1) is 0 Å². The fourth-order valence-corrected chi connectivity index (χ4v) is 3.03. The molecule has 0 bridgehead atoms. The van der Waals surface area contributed by atoms with Crippen molar-refractivity contribution in [3.05, 3.63) is 54.6 Å². The topological polar surface area (TPSA) is 64.3 Å². The van der Waals surface area contributed by atoms with Gasteiger partial charge in [-0.3, -0.25) is 5.73 Å². The minimum Gasteiger partial charge on any atom is -1.00 e. The lowest BCUT2D eigenvalue weighted by Gasteiger charge is -2.12. The SMILES string of the molecule is CCCCn1c(N)[n+](CC(O)COc2ccccc2)c2ccccc21.[Cl-]. The quantitative estimate of drug-likeness (QED) is 0.534. The molecule has 1 unspecified atom stereocenters. The number of aryl methyl sites for hydroxylation is 1. The molecule has 3 aromatic rings. The summed E-state index contributed by atoms with van der Waals surface area (Å²) >= 11 is 0. The molecule has 0 radical (unpaired) electrons. The van der Waals surface area contributed by atoms with E-state index in [1.807, 2.05) is 53.1 Å². The first kappa shape index (κ1) is 20.1. The van der Waals surface area contributed by atoms with E-state index in [0.29, 0.717) is 12.5 Å². The number of anilines is 1. The highest BCUT2D eigenvalue weighted by atomic mass is 35.5. The van der Waals surface area contributed by atoms with Crippen LogP contribution in [0.25, 0.3) is 11.0 Å². The number of benzene rings is 2. The Kier molecular flexibility index (Phi) is 7.30. The molecule has 0 saturated heterocycles. The highest BCUT2D eigenvalue weighted by Gasteiger charge is 2.22. The van der Waals surface area contributed by atoms with Crippen molar-refractivity contribution >= 4 is 17.0 Å². The minimum atomic E-state index is -0.641. The molecular weight excluding hydrogens is 350 g/mol. The number of hydrogen-bond acceptors (Lipinski definition) is 3. The lowest BCUT2D eigenvalue weighted by Crippen LogP contribution is -3.00. The second-order valence-corrected chi connectivity index (χ2v) is 6.24. The van der Waals surface area contributed by atoms with Crippen molar-refractivity contribution in [3.8, 4) is 5.75 Å². The Bertz CT molecular complexity index is 821. The van der Waals surface area contributed by atoms with Gasteiger partial charge in [0.05, 0.1) is 6.54 Å². The monoisotopic (exact) mass is 375 g/mol. The van der Waals surface area contributed by atoms with E-state index in [4.69, 9.17) is 10.5 Å². The number of imidazole rings is 1. The van der Waals surface area contributed by atoms with E-state index in [9.17, 15) is 5.11 Å². The number of unbranched alkanes of at least 4 members (excludes halogenated alkanes) is 1. The fraction of sp³-hybridized carbons (Fsp3) is 0.350. The summed E-state index contributed by atoms with van der Waals surface area (Å²) in [6, 6.07) is 17.6. The molecule has 0 aliphatic carbocycles. The number of ether oxygens (including phenoxy) is 1. The summed E-state index contributed by atoms with van der Waals surface area (Å²) in [5.74, 6) is 1.43. The largest absolute Gasteiger partial charge is 1.00 e. The van der Waals surface area contributed by atoms with Crippen molar-refractivity contribution < 1.29 is 26.8 Å². The van der Waals surface area contributed by atoms with E-state index in [-0.39, 0.29) is 19.0 Å². The van der Waals surface area contributed by atoms with Crippen LogP contribution in [0.15, 0.2) is 54.6 Å². The van der Waals surface area contributed by atoms with Gasteiger partial charge >= 0.3 is 5.95 Å². The molecule has 0 spiro atoms. The van der Waals surface area contributed by atoms with Gasteiger partial charge in [-0.15, -0.1) is 0 Å². The second-order valence-electron chi connectivity index (χ2n) is 6.24. The van der Waals surface area contributed by atoms with E-state index in [1.54, 1.807) is 0 Å². The summed E-state index contributed by atoms with van der Waals surface area (Å²) < 4.78 is 9.76. The van der Waals surface area contributed by atoms with Crippen LogP contribution in [0.3, 0.4) is 0 Å². The maximum Gasteiger partial charge on any atom is 0.356 e. The molecule has 1 atom stereocenters. The van der Waals surface area contributed by atoms with Crippen LogP contribution in [0.4, 0.5) is 5.95 Å². The van der Waals surface area contributed by atoms with Crippen LogP contribution in [-0.4, -0.2) is 22.4 Å². The van der Waals surface area contributed by atoms with Crippen LogP contribution in [0.5, 0.6) is 5.75 Å². The number of fused-ring (bicyclic) bond motifs is 1. The minimum absolute atomic E-state index is 0. The molecule has 140 valence electrons. The highest BCUT2D eigenvalue weighted by Crippen LogP contribution is 2.17. The first-order valence-electron chi connectivity index (χ1n) is 8.83. The van der Waals surface area contributed by atoms with Gasteiger partial charge in [0.1, 0.15) is 36.0 Å². The van der Waals surface area contributed by atoms with Gasteiger partial charge in [0.2, 0.25) is 0 Å². The number of nitrogens with two attached hydrogens (primary N) is 1. The van der Waals surface area contributed by atoms with Gasteiger partial charge < -0.3 is 22.3 Å². The number of halogens is 1. The third-order valence-corrected chi connectivity index (χ3v) is 4.33. The number of nitrogens with zero attached hydrogens (tertiary/aromatic N) is 2. The number of aliphatic hydroxyl groups excluding tert-OH is 1. The van der Waals surface area contributed by atoms with E-state index < -0.39 is 6.10 Å². The Balaban J connectivity index is 0.00000243. The van der Waals surface area contributed by atoms with Crippen LogP contribution in [-0.2, 0) is 13.1 Å². The fourth-order valence-electron chi connectivity index (χ4n) is 3.03. The maximum absolute atomic E-state index is 10.4. The first-order chi connectivity index (χ1) is 12.2. The number of rotatable bonds is 8. The van der Waals surface area contributed by atoms with Gasteiger partial charge in [-0.1, -0.05) is 43.7 Å². The van der Waals surface area contributed by atoms with Crippen molar-refractivity contribution in [2.45, 2.75) is 39.0 Å². The predicted octanol–water partition coefficient (Wildman–Crippen LogP) is -0.245. The zero-order valence-electron chi connectivity index (χ0n) is 15.0. The molecule has 1 heterocycles. The van der Waals surface area contributed by atoms with Gasteiger partial charge in [-0.25, -0.2) is 9.13 Å². The van der Waals surface area contributed by atoms with Crippen LogP contribution >= 0.6 is 0 Å². The highest BCUT2D eigenvalue weighted by molar-refractivity contribution is 5.73. The molecule has 0 amide bonds. The molecule has 6 heteroatoms. The summed E-state index contributed by atoms with van der Waals surface area (Å²) in [4.78, 5) is 0. The van der Waals surface area contributed by atoms with Crippen molar-refractivity contribution in [3.63, 3.8) is 0 Å². The van der Waals surface area contributed by atoms with Crippen LogP contribution in [0.2, 0.25) is 0 Å². The smallest absolute Gasteiger partial charge is 0.356 e. The number of nitrogen functional groups attached to an aromatic ring is 1. The molecule has 0 saturated carbocycles. The van der Waals surface area contributed by atoms with E-state index >= 15 is 0 Å². The van der Waals surface area contributed by atoms with Crippen molar-refractivity contribution in [1.82, 2.24) is 4.57 Å². The molecule has 0 fully saturated rings. The van der Waals surface area contributed by atoms with Crippen LogP contribution < -0.4 is 27.4 Å². The zero-order valence-corrected chi connectivity index (χ0v) is 15.8. The van der Waals surface area contributed by atoms with Crippen molar-refractivity contribution in [2.75, 3.05) is 12.3 Å². The average molecular weight is 376 g/mol. The molecule has 3 rings (SSSR count). The van der Waals surface area contributed by atoms with E-state index in [1.165, 1.54) is 0 Å². The van der Waals surface area contributed by atoms with Gasteiger partial charge in [0.25, 0.3) is 0 Å². The Labute approximate surface area is 160 Å². The molecule has 0 aliphatic heterocycles. The number of aliphatic hydroxyl groups is 1. The summed E-state index contributed by atoms with van der Waals surface area (Å²) in [6.45, 7) is 3.68. The summed E-state index contributed by atoms with van der Waals surface area (Å²) in [7, 11) is 0. The molecule has 1 aromatic heterocycles. The normalized spacial score (nSPS) is 11.9. The van der Waals surface area contributed by atoms with Crippen LogP contribution in [0.1, 0.15) is 19.8 Å². The van der Waals surface area contributed by atoms with Gasteiger partial charge in [-0.05, 0) is 30.7 Å². The third kappa shape index (κ3) is 4.48. The molecule has 0 aliphatic rings. The lowest BCUT2D eigenvalue weighted by molar-refractivity contribution is -0.665. The lowest BCUT2D eigenvalue weighted by atomic mass is 10.3. The van der Waals surface area contributed by atoms with Crippen molar-refractivity contribution in [2.24, 2.45) is 0 Å².